The molecule has 0 aliphatic carbocycles. The molecular formula is C20H22N4O3. The van der Waals surface area contributed by atoms with E-state index in [0.29, 0.717) is 12.4 Å². The molecule has 3 rings (SSSR count). The van der Waals surface area contributed by atoms with Crippen LogP contribution in [0.4, 0.5) is 5.95 Å². The fourth-order valence-electron chi connectivity index (χ4n) is 2.77. The molecule has 0 aliphatic rings. The summed E-state index contributed by atoms with van der Waals surface area (Å²) in [7, 11) is 1.60. The van der Waals surface area contributed by atoms with E-state index >= 15 is 0 Å². The monoisotopic (exact) mass is 366 g/mol. The number of nitrogens with one attached hydrogen (secondary N) is 3. The van der Waals surface area contributed by atoms with Gasteiger partial charge in [0.05, 0.1) is 18.1 Å². The Morgan fingerprint density at radius 3 is 2.67 bits per heavy atom. The summed E-state index contributed by atoms with van der Waals surface area (Å²) >= 11 is 0. The van der Waals surface area contributed by atoms with Gasteiger partial charge in [-0.25, -0.2) is 4.98 Å². The van der Waals surface area contributed by atoms with E-state index in [0.717, 1.165) is 22.3 Å². The number of aromatic nitrogens is 2. The lowest BCUT2D eigenvalue weighted by atomic mass is 10.1. The van der Waals surface area contributed by atoms with Gasteiger partial charge in [0.2, 0.25) is 17.8 Å². The predicted molar refractivity (Wildman–Crippen MR) is 104 cm³/mol. The molecule has 7 heteroatoms. The number of H-pyrrole nitrogens is 1. The second-order valence-corrected chi connectivity index (χ2v) is 6.19. The summed E-state index contributed by atoms with van der Waals surface area (Å²) in [6.07, 6.45) is 0.802. The number of hydrogen-bond acceptors (Lipinski definition) is 4. The number of carbonyl (C=O) groups excluding carboxylic acids is 2. The zero-order chi connectivity index (χ0) is 19.2. The lowest BCUT2D eigenvalue weighted by Crippen LogP contribution is -2.41. The van der Waals surface area contributed by atoms with Crippen LogP contribution >= 0.6 is 0 Å². The van der Waals surface area contributed by atoms with Crippen LogP contribution in [0, 0.1) is 0 Å². The fraction of sp³-hybridized carbons (Fsp3) is 0.250. The van der Waals surface area contributed by atoms with Crippen LogP contribution in [0.25, 0.3) is 11.0 Å². The summed E-state index contributed by atoms with van der Waals surface area (Å²) in [6, 6.07) is 14.4. The fourth-order valence-corrected chi connectivity index (χ4v) is 2.77. The van der Waals surface area contributed by atoms with Crippen LogP contribution < -0.4 is 15.4 Å². The number of benzene rings is 2. The molecule has 1 aromatic heterocycles. The lowest BCUT2D eigenvalue weighted by Gasteiger charge is -2.13. The van der Waals surface area contributed by atoms with E-state index in [2.05, 4.69) is 20.6 Å². The summed E-state index contributed by atoms with van der Waals surface area (Å²) in [5.41, 5.74) is 2.55. The van der Waals surface area contributed by atoms with E-state index in [-0.39, 0.29) is 18.2 Å². The van der Waals surface area contributed by atoms with Gasteiger partial charge in [-0.3, -0.25) is 14.9 Å². The molecule has 27 heavy (non-hydrogen) atoms. The molecule has 0 saturated carbocycles. The third kappa shape index (κ3) is 4.63. The number of aromatic amines is 1. The normalized spacial score (nSPS) is 11.8. The summed E-state index contributed by atoms with van der Waals surface area (Å²) in [6.45, 7) is 1.64. The quantitative estimate of drug-likeness (QED) is 0.599. The number of amides is 2. The number of para-hydroxylation sites is 3. The van der Waals surface area contributed by atoms with Crippen LogP contribution in [0.5, 0.6) is 5.75 Å². The summed E-state index contributed by atoms with van der Waals surface area (Å²) in [5, 5.41) is 5.40. The van der Waals surface area contributed by atoms with E-state index in [1.807, 2.05) is 48.5 Å². The van der Waals surface area contributed by atoms with Gasteiger partial charge in [-0.2, -0.15) is 0 Å². The van der Waals surface area contributed by atoms with Gasteiger partial charge >= 0.3 is 0 Å². The molecular weight excluding hydrogens is 344 g/mol. The minimum absolute atomic E-state index is 0.201. The number of nitrogens with zero attached hydrogens (tertiary/aromatic N) is 1. The van der Waals surface area contributed by atoms with Crippen LogP contribution in [0.1, 0.15) is 18.9 Å². The first-order valence-corrected chi connectivity index (χ1v) is 8.73. The van der Waals surface area contributed by atoms with Crippen molar-refractivity contribution >= 4 is 28.8 Å². The molecule has 0 radical (unpaired) electrons. The molecule has 0 spiro atoms. The van der Waals surface area contributed by atoms with E-state index in [9.17, 15) is 9.59 Å². The number of aryl methyl sites for hydroxylation is 1. The van der Waals surface area contributed by atoms with Crippen molar-refractivity contribution in [1.29, 1.82) is 0 Å². The second kappa shape index (κ2) is 8.35. The highest BCUT2D eigenvalue weighted by atomic mass is 16.5. The maximum atomic E-state index is 12.3. The Labute approximate surface area is 157 Å². The van der Waals surface area contributed by atoms with Crippen molar-refractivity contribution in [2.75, 3.05) is 12.4 Å². The standard InChI is InChI=1S/C20H22N4O3/c1-13(19(26)24-20-22-15-8-4-5-9-16(15)23-20)21-18(25)12-11-14-7-3-6-10-17(14)27-2/h3-10,13H,11-12H2,1-2H3,(H,21,25)(H2,22,23,24,26)/t13-/m1/s1. The smallest absolute Gasteiger partial charge is 0.248 e. The molecule has 7 nitrogen and oxygen atoms in total. The Balaban J connectivity index is 1.52. The zero-order valence-corrected chi connectivity index (χ0v) is 15.3. The van der Waals surface area contributed by atoms with Crippen LogP contribution in [-0.4, -0.2) is 34.9 Å². The topological polar surface area (TPSA) is 96.1 Å². The van der Waals surface area contributed by atoms with Crippen LogP contribution in [0.2, 0.25) is 0 Å². The summed E-state index contributed by atoms with van der Waals surface area (Å²) < 4.78 is 5.28. The van der Waals surface area contributed by atoms with Gasteiger partial charge in [-0.15, -0.1) is 0 Å². The van der Waals surface area contributed by atoms with Gasteiger partial charge in [0.1, 0.15) is 11.8 Å². The molecule has 0 saturated heterocycles. The van der Waals surface area contributed by atoms with Crippen molar-refractivity contribution in [3.63, 3.8) is 0 Å². The van der Waals surface area contributed by atoms with Crippen molar-refractivity contribution in [2.24, 2.45) is 0 Å². The van der Waals surface area contributed by atoms with Crippen molar-refractivity contribution in [2.45, 2.75) is 25.8 Å². The molecule has 2 amide bonds. The van der Waals surface area contributed by atoms with Gasteiger partial charge < -0.3 is 15.0 Å². The minimum atomic E-state index is -0.677. The van der Waals surface area contributed by atoms with E-state index in [1.165, 1.54) is 0 Å². The third-order valence-corrected chi connectivity index (χ3v) is 4.22. The van der Waals surface area contributed by atoms with Gasteiger partial charge in [0, 0.05) is 6.42 Å². The van der Waals surface area contributed by atoms with Gasteiger partial charge in [-0.05, 0) is 37.1 Å². The molecule has 0 aliphatic heterocycles. The number of carbonyl (C=O) groups is 2. The number of methoxy groups -OCH3 is 1. The van der Waals surface area contributed by atoms with Crippen molar-refractivity contribution < 1.29 is 14.3 Å². The first-order chi connectivity index (χ1) is 13.1. The number of fused-ring (bicyclic) bond motifs is 1. The molecule has 1 heterocycles. The first-order valence-electron chi connectivity index (χ1n) is 8.73. The molecule has 140 valence electrons. The summed E-state index contributed by atoms with van der Waals surface area (Å²) in [5.74, 6) is 0.574. The highest BCUT2D eigenvalue weighted by Gasteiger charge is 2.17. The number of rotatable bonds is 7. The third-order valence-electron chi connectivity index (χ3n) is 4.22. The summed E-state index contributed by atoms with van der Waals surface area (Å²) in [4.78, 5) is 31.8. The van der Waals surface area contributed by atoms with E-state index in [4.69, 9.17) is 4.74 Å². The SMILES string of the molecule is COc1ccccc1CCC(=O)N[C@H](C)C(=O)Nc1nc2ccccc2[nH]1. The largest absolute Gasteiger partial charge is 0.496 e. The zero-order valence-electron chi connectivity index (χ0n) is 15.3. The van der Waals surface area contributed by atoms with Crippen LogP contribution in [0.15, 0.2) is 48.5 Å². The average molecular weight is 366 g/mol. The van der Waals surface area contributed by atoms with Crippen molar-refractivity contribution in [3.8, 4) is 5.75 Å². The molecule has 3 aromatic rings. The van der Waals surface area contributed by atoms with Crippen LogP contribution in [-0.2, 0) is 16.0 Å². The maximum Gasteiger partial charge on any atom is 0.248 e. The van der Waals surface area contributed by atoms with Crippen molar-refractivity contribution in [3.05, 3.63) is 54.1 Å². The molecule has 0 fully saturated rings. The van der Waals surface area contributed by atoms with Gasteiger partial charge in [0.25, 0.3) is 0 Å². The second-order valence-electron chi connectivity index (χ2n) is 6.19. The van der Waals surface area contributed by atoms with Gasteiger partial charge in [-0.1, -0.05) is 30.3 Å². The molecule has 0 bridgehead atoms. The molecule has 2 aromatic carbocycles. The Kier molecular flexibility index (Phi) is 5.71. The highest BCUT2D eigenvalue weighted by molar-refractivity contribution is 5.96. The molecule has 0 unspecified atom stereocenters. The minimum Gasteiger partial charge on any atom is -0.496 e. The number of imidazole rings is 1. The Hall–Kier alpha value is -3.35. The van der Waals surface area contributed by atoms with E-state index < -0.39 is 6.04 Å². The Morgan fingerprint density at radius 2 is 1.89 bits per heavy atom. The maximum absolute atomic E-state index is 12.3. The number of ether oxygens (including phenoxy) is 1. The Bertz CT molecular complexity index is 918. The van der Waals surface area contributed by atoms with Crippen molar-refractivity contribution in [1.82, 2.24) is 15.3 Å². The first kappa shape index (κ1) is 18.4. The van der Waals surface area contributed by atoms with E-state index in [1.54, 1.807) is 14.0 Å². The molecule has 3 N–H and O–H groups in total. The van der Waals surface area contributed by atoms with Gasteiger partial charge in [0.15, 0.2) is 0 Å². The highest BCUT2D eigenvalue weighted by Crippen LogP contribution is 2.18. The lowest BCUT2D eigenvalue weighted by molar-refractivity contribution is -0.126. The van der Waals surface area contributed by atoms with Crippen LogP contribution in [0.3, 0.4) is 0 Å². The number of hydrogen-bond donors (Lipinski definition) is 3. The number of anilines is 1. The molecule has 1 atom stereocenters. The predicted octanol–water partition coefficient (Wildman–Crippen LogP) is 2.65. The average Bonchev–Trinajstić information content (AvgIpc) is 3.08. The Morgan fingerprint density at radius 1 is 1.15 bits per heavy atom.